The van der Waals surface area contributed by atoms with Crippen molar-refractivity contribution in [3.05, 3.63) is 11.9 Å². The van der Waals surface area contributed by atoms with Gasteiger partial charge in [-0.1, -0.05) is 6.92 Å². The molecule has 1 saturated heterocycles. The Bertz CT molecular complexity index is 428. The molecule has 21 heavy (non-hydrogen) atoms. The van der Waals surface area contributed by atoms with Crippen LogP contribution in [-0.4, -0.2) is 47.0 Å². The smallest absolute Gasteiger partial charge is 0.161 e. The van der Waals surface area contributed by atoms with Crippen molar-refractivity contribution in [3.63, 3.8) is 0 Å². The maximum Gasteiger partial charge on any atom is 0.161 e. The number of likely N-dealkylation sites (tertiary alicyclic amines) is 1. The number of rotatable bonds is 7. The number of methoxy groups -OCH3 is 1. The van der Waals surface area contributed by atoms with E-state index in [4.69, 9.17) is 4.74 Å². The van der Waals surface area contributed by atoms with Gasteiger partial charge in [-0.25, -0.2) is 0 Å². The van der Waals surface area contributed by atoms with E-state index in [0.717, 1.165) is 18.8 Å². The highest BCUT2D eigenvalue weighted by Gasteiger charge is 2.40. The molecular formula is C16H30N4O. The molecule has 1 aliphatic rings. The number of likely N-dealkylation sites (N-methyl/N-ethyl adjacent to an activating group) is 1. The largest absolute Gasteiger partial charge is 0.493 e. The van der Waals surface area contributed by atoms with Crippen LogP contribution in [0.1, 0.15) is 52.3 Å². The minimum Gasteiger partial charge on any atom is -0.493 e. The normalized spacial score (nSPS) is 18.1. The Morgan fingerprint density at radius 1 is 1.33 bits per heavy atom. The van der Waals surface area contributed by atoms with Gasteiger partial charge < -0.3 is 10.1 Å². The van der Waals surface area contributed by atoms with Gasteiger partial charge in [0.25, 0.3) is 0 Å². The van der Waals surface area contributed by atoms with E-state index in [1.807, 2.05) is 6.20 Å². The number of aromatic nitrogens is 2. The summed E-state index contributed by atoms with van der Waals surface area (Å²) >= 11 is 0. The van der Waals surface area contributed by atoms with Crippen molar-refractivity contribution in [1.82, 2.24) is 20.0 Å². The summed E-state index contributed by atoms with van der Waals surface area (Å²) in [6.07, 6.45) is 4.43. The number of nitrogens with one attached hydrogen (secondary N) is 1. The van der Waals surface area contributed by atoms with Crippen LogP contribution >= 0.6 is 0 Å². The van der Waals surface area contributed by atoms with Crippen molar-refractivity contribution in [3.8, 4) is 5.75 Å². The molecular weight excluding hydrogens is 264 g/mol. The summed E-state index contributed by atoms with van der Waals surface area (Å²) in [5.41, 5.74) is 1.20. The van der Waals surface area contributed by atoms with E-state index in [2.05, 4.69) is 47.7 Å². The van der Waals surface area contributed by atoms with Gasteiger partial charge in [0.05, 0.1) is 25.0 Å². The lowest BCUT2D eigenvalue weighted by atomic mass is 9.89. The van der Waals surface area contributed by atoms with Crippen LogP contribution in [0.25, 0.3) is 0 Å². The summed E-state index contributed by atoms with van der Waals surface area (Å²) in [5.74, 6) is 0.884. The molecule has 0 saturated carbocycles. The van der Waals surface area contributed by atoms with Gasteiger partial charge in [-0.15, -0.1) is 0 Å². The van der Waals surface area contributed by atoms with Crippen LogP contribution in [0.2, 0.25) is 0 Å². The molecule has 1 fully saturated rings. The summed E-state index contributed by atoms with van der Waals surface area (Å²) < 4.78 is 7.63. The molecule has 1 aromatic rings. The van der Waals surface area contributed by atoms with Crippen molar-refractivity contribution in [2.45, 2.75) is 58.7 Å². The Morgan fingerprint density at radius 3 is 2.52 bits per heavy atom. The Kier molecular flexibility index (Phi) is 5.27. The van der Waals surface area contributed by atoms with Gasteiger partial charge in [0.1, 0.15) is 0 Å². The topological polar surface area (TPSA) is 42.3 Å². The number of hydrogen-bond acceptors (Lipinski definition) is 4. The molecule has 2 rings (SSSR count). The molecule has 0 amide bonds. The van der Waals surface area contributed by atoms with Crippen molar-refractivity contribution in [2.24, 2.45) is 0 Å². The Labute approximate surface area is 128 Å². The number of ether oxygens (including phenoxy) is 1. The monoisotopic (exact) mass is 294 g/mol. The van der Waals surface area contributed by atoms with Gasteiger partial charge >= 0.3 is 0 Å². The molecule has 5 nitrogen and oxygen atoms in total. The van der Waals surface area contributed by atoms with Crippen LogP contribution in [0.5, 0.6) is 5.75 Å². The van der Waals surface area contributed by atoms with Gasteiger partial charge in [-0.05, 0) is 53.2 Å². The second-order valence-corrected chi connectivity index (χ2v) is 6.25. The van der Waals surface area contributed by atoms with Crippen LogP contribution in [0.3, 0.4) is 0 Å². The number of aryl methyl sites for hydroxylation is 1. The third-order valence-corrected chi connectivity index (χ3v) is 4.67. The predicted molar refractivity (Wildman–Crippen MR) is 85.8 cm³/mol. The molecule has 0 aliphatic carbocycles. The van der Waals surface area contributed by atoms with Crippen LogP contribution in [0.4, 0.5) is 0 Å². The molecule has 1 aliphatic heterocycles. The van der Waals surface area contributed by atoms with E-state index in [0.29, 0.717) is 0 Å². The fourth-order valence-electron chi connectivity index (χ4n) is 3.44. The minimum absolute atomic E-state index is 0.0345. The summed E-state index contributed by atoms with van der Waals surface area (Å²) in [5, 5.41) is 8.15. The fourth-order valence-corrected chi connectivity index (χ4v) is 3.44. The standard InChI is InChI=1S/C16H30N4O/c1-6-17-15(16(3,4)19-10-8-9-11-19)14-13(21-5)12-18-20(14)7-2/h12,15,17H,6-11H2,1-5H3. The van der Waals surface area contributed by atoms with E-state index >= 15 is 0 Å². The fraction of sp³-hybridized carbons (Fsp3) is 0.812. The average molecular weight is 294 g/mol. The van der Waals surface area contributed by atoms with Crippen LogP contribution in [-0.2, 0) is 6.54 Å². The maximum atomic E-state index is 5.57. The second kappa shape index (κ2) is 6.79. The highest BCUT2D eigenvalue weighted by molar-refractivity contribution is 5.31. The third-order valence-electron chi connectivity index (χ3n) is 4.67. The third kappa shape index (κ3) is 3.09. The lowest BCUT2D eigenvalue weighted by molar-refractivity contribution is 0.102. The van der Waals surface area contributed by atoms with Crippen LogP contribution in [0.15, 0.2) is 6.20 Å². The summed E-state index contributed by atoms with van der Waals surface area (Å²) in [6, 6.07) is 0.206. The van der Waals surface area contributed by atoms with E-state index in [1.165, 1.54) is 31.6 Å². The number of nitrogens with zero attached hydrogens (tertiary/aromatic N) is 3. The maximum absolute atomic E-state index is 5.57. The molecule has 0 radical (unpaired) electrons. The molecule has 2 heterocycles. The highest BCUT2D eigenvalue weighted by Crippen LogP contribution is 2.37. The molecule has 0 bridgehead atoms. The van der Waals surface area contributed by atoms with Gasteiger partial charge in [-0.2, -0.15) is 5.10 Å². The first-order chi connectivity index (χ1) is 10.1. The first-order valence-corrected chi connectivity index (χ1v) is 8.14. The number of hydrogen-bond donors (Lipinski definition) is 1. The first kappa shape index (κ1) is 16.3. The highest BCUT2D eigenvalue weighted by atomic mass is 16.5. The van der Waals surface area contributed by atoms with E-state index in [9.17, 15) is 0 Å². The molecule has 120 valence electrons. The zero-order chi connectivity index (χ0) is 15.5. The molecule has 0 spiro atoms. The Balaban J connectivity index is 2.40. The minimum atomic E-state index is 0.0345. The lowest BCUT2D eigenvalue weighted by Crippen LogP contribution is -2.52. The lowest BCUT2D eigenvalue weighted by Gasteiger charge is -2.42. The van der Waals surface area contributed by atoms with Crippen LogP contribution < -0.4 is 10.1 Å². The summed E-state index contributed by atoms with van der Waals surface area (Å²) in [6.45, 7) is 13.1. The second-order valence-electron chi connectivity index (χ2n) is 6.25. The van der Waals surface area contributed by atoms with Crippen molar-refractivity contribution < 1.29 is 4.74 Å². The van der Waals surface area contributed by atoms with Crippen molar-refractivity contribution in [1.29, 1.82) is 0 Å². The molecule has 1 unspecified atom stereocenters. The zero-order valence-corrected chi connectivity index (χ0v) is 14.1. The molecule has 0 aromatic carbocycles. The summed E-state index contributed by atoms with van der Waals surface area (Å²) in [7, 11) is 1.73. The zero-order valence-electron chi connectivity index (χ0n) is 14.1. The Morgan fingerprint density at radius 2 is 2.00 bits per heavy atom. The SMILES string of the molecule is CCNC(c1c(OC)cnn1CC)C(C)(C)N1CCCC1. The van der Waals surface area contributed by atoms with Gasteiger partial charge in [0, 0.05) is 12.1 Å². The van der Waals surface area contributed by atoms with E-state index in [-0.39, 0.29) is 11.6 Å². The average Bonchev–Trinajstić information content (AvgIpc) is 3.13. The van der Waals surface area contributed by atoms with E-state index in [1.54, 1.807) is 7.11 Å². The summed E-state index contributed by atoms with van der Waals surface area (Å²) in [4.78, 5) is 2.59. The van der Waals surface area contributed by atoms with E-state index < -0.39 is 0 Å². The molecule has 1 aromatic heterocycles. The Hall–Kier alpha value is -1.07. The predicted octanol–water partition coefficient (Wildman–Crippen LogP) is 2.44. The molecule has 1 atom stereocenters. The quantitative estimate of drug-likeness (QED) is 0.839. The van der Waals surface area contributed by atoms with Crippen molar-refractivity contribution in [2.75, 3.05) is 26.7 Å². The van der Waals surface area contributed by atoms with Gasteiger partial charge in [0.2, 0.25) is 0 Å². The van der Waals surface area contributed by atoms with Gasteiger partial charge in [-0.3, -0.25) is 9.58 Å². The van der Waals surface area contributed by atoms with Crippen molar-refractivity contribution >= 4 is 0 Å². The van der Waals surface area contributed by atoms with Gasteiger partial charge in [0.15, 0.2) is 5.75 Å². The molecule has 1 N–H and O–H groups in total. The van der Waals surface area contributed by atoms with Crippen LogP contribution in [0, 0.1) is 0 Å². The first-order valence-electron chi connectivity index (χ1n) is 8.14. The molecule has 5 heteroatoms.